The molecule has 0 radical (unpaired) electrons. The van der Waals surface area contributed by atoms with Gasteiger partial charge in [-0.2, -0.15) is 17.6 Å². The molecule has 2 aromatic heterocycles. The van der Waals surface area contributed by atoms with E-state index in [1.165, 1.54) is 18.3 Å². The van der Waals surface area contributed by atoms with E-state index in [2.05, 4.69) is 9.97 Å². The summed E-state index contributed by atoms with van der Waals surface area (Å²) in [7, 11) is 0. The van der Waals surface area contributed by atoms with Crippen molar-refractivity contribution in [3.63, 3.8) is 0 Å². The molecule has 2 aromatic rings. The molecular weight excluding hydrogens is 312 g/mol. The summed E-state index contributed by atoms with van der Waals surface area (Å²) >= 11 is 0. The number of nitrogens with zero attached hydrogens (tertiary/aromatic N) is 4. The fraction of sp³-hybridized carbons (Fsp3) is 0.333. The topological polar surface area (TPSA) is 32.3 Å². The number of halogens is 4. The van der Waals surface area contributed by atoms with E-state index in [1.54, 1.807) is 6.07 Å². The molecule has 23 heavy (non-hydrogen) atoms. The molecule has 1 fully saturated rings. The van der Waals surface area contributed by atoms with Crippen LogP contribution in [-0.2, 0) is 6.18 Å². The number of piperazine rings is 1. The van der Waals surface area contributed by atoms with Gasteiger partial charge >= 0.3 is 6.18 Å². The standard InChI is InChI=1S/C15H14F4N4/c16-13-9-12(3-4-20-13)22-5-7-23(8-6-22)14-2-1-11(10-21-14)15(17,18)19/h1-4,9-10H,5-8H2. The van der Waals surface area contributed by atoms with Crippen LogP contribution in [0, 0.1) is 5.95 Å². The smallest absolute Gasteiger partial charge is 0.368 e. The number of anilines is 2. The second kappa shape index (κ2) is 6.02. The van der Waals surface area contributed by atoms with E-state index < -0.39 is 17.7 Å². The minimum Gasteiger partial charge on any atom is -0.368 e. The van der Waals surface area contributed by atoms with Crippen molar-refractivity contribution < 1.29 is 17.6 Å². The largest absolute Gasteiger partial charge is 0.417 e. The Labute approximate surface area is 130 Å². The summed E-state index contributed by atoms with van der Waals surface area (Å²) in [4.78, 5) is 11.3. The fourth-order valence-corrected chi connectivity index (χ4v) is 2.52. The van der Waals surface area contributed by atoms with Crippen molar-refractivity contribution in [1.82, 2.24) is 9.97 Å². The van der Waals surface area contributed by atoms with Crippen LogP contribution in [0.25, 0.3) is 0 Å². The molecule has 0 aromatic carbocycles. The molecule has 1 aliphatic heterocycles. The van der Waals surface area contributed by atoms with E-state index in [9.17, 15) is 17.6 Å². The van der Waals surface area contributed by atoms with Crippen molar-refractivity contribution in [2.24, 2.45) is 0 Å². The maximum absolute atomic E-state index is 13.1. The highest BCUT2D eigenvalue weighted by Crippen LogP contribution is 2.29. The fourth-order valence-electron chi connectivity index (χ4n) is 2.52. The monoisotopic (exact) mass is 326 g/mol. The summed E-state index contributed by atoms with van der Waals surface area (Å²) in [6.45, 7) is 2.46. The Kier molecular flexibility index (Phi) is 4.06. The lowest BCUT2D eigenvalue weighted by Gasteiger charge is -2.36. The lowest BCUT2D eigenvalue weighted by molar-refractivity contribution is -0.137. The Morgan fingerprint density at radius 3 is 2.17 bits per heavy atom. The molecule has 1 saturated heterocycles. The van der Waals surface area contributed by atoms with Gasteiger partial charge in [-0.05, 0) is 18.2 Å². The van der Waals surface area contributed by atoms with E-state index in [-0.39, 0.29) is 0 Å². The van der Waals surface area contributed by atoms with Gasteiger partial charge in [0.2, 0.25) is 5.95 Å². The zero-order chi connectivity index (χ0) is 16.4. The number of alkyl halides is 3. The quantitative estimate of drug-likeness (QED) is 0.627. The molecule has 0 atom stereocenters. The molecule has 4 nitrogen and oxygen atoms in total. The molecule has 1 aliphatic rings. The second-order valence-corrected chi connectivity index (χ2v) is 5.21. The first-order valence-electron chi connectivity index (χ1n) is 7.08. The number of hydrogen-bond acceptors (Lipinski definition) is 4. The number of hydrogen-bond donors (Lipinski definition) is 0. The maximum Gasteiger partial charge on any atom is 0.417 e. The van der Waals surface area contributed by atoms with E-state index in [0.29, 0.717) is 32.0 Å². The predicted octanol–water partition coefficient (Wildman–Crippen LogP) is 2.96. The van der Waals surface area contributed by atoms with Gasteiger partial charge in [-0.3, -0.25) is 0 Å². The maximum atomic E-state index is 13.1. The van der Waals surface area contributed by atoms with Gasteiger partial charge in [-0.25, -0.2) is 9.97 Å². The van der Waals surface area contributed by atoms with E-state index in [0.717, 1.165) is 18.0 Å². The van der Waals surface area contributed by atoms with E-state index in [4.69, 9.17) is 0 Å². The van der Waals surface area contributed by atoms with Crippen LogP contribution < -0.4 is 9.80 Å². The van der Waals surface area contributed by atoms with Crippen LogP contribution in [0.1, 0.15) is 5.56 Å². The highest BCUT2D eigenvalue weighted by atomic mass is 19.4. The second-order valence-electron chi connectivity index (χ2n) is 5.21. The molecule has 3 heterocycles. The van der Waals surface area contributed by atoms with Gasteiger partial charge in [-0.1, -0.05) is 0 Å². The van der Waals surface area contributed by atoms with Crippen molar-refractivity contribution in [2.45, 2.75) is 6.18 Å². The van der Waals surface area contributed by atoms with Crippen molar-refractivity contribution in [3.8, 4) is 0 Å². The molecule has 0 aliphatic carbocycles. The van der Waals surface area contributed by atoms with Crippen molar-refractivity contribution >= 4 is 11.5 Å². The van der Waals surface area contributed by atoms with Crippen LogP contribution >= 0.6 is 0 Å². The van der Waals surface area contributed by atoms with Crippen LogP contribution in [-0.4, -0.2) is 36.1 Å². The predicted molar refractivity (Wildman–Crippen MR) is 77.9 cm³/mol. The zero-order valence-electron chi connectivity index (χ0n) is 12.1. The van der Waals surface area contributed by atoms with Gasteiger partial charge < -0.3 is 9.80 Å². The van der Waals surface area contributed by atoms with Crippen LogP contribution in [0.15, 0.2) is 36.7 Å². The summed E-state index contributed by atoms with van der Waals surface area (Å²) in [5.41, 5.74) is -0.00956. The average molecular weight is 326 g/mol. The molecule has 0 spiro atoms. The summed E-state index contributed by atoms with van der Waals surface area (Å²) in [5, 5.41) is 0. The number of rotatable bonds is 2. The SMILES string of the molecule is Fc1cc(N2CCN(c3ccc(C(F)(F)F)cn3)CC2)ccn1. The van der Waals surface area contributed by atoms with Crippen molar-refractivity contribution in [3.05, 3.63) is 48.2 Å². The Morgan fingerprint density at radius 2 is 1.61 bits per heavy atom. The number of aromatic nitrogens is 2. The molecular formula is C15H14F4N4. The third-order valence-corrected chi connectivity index (χ3v) is 3.75. The third kappa shape index (κ3) is 3.52. The Hall–Kier alpha value is -2.38. The minimum absolute atomic E-state index is 0.513. The first-order chi connectivity index (χ1) is 10.9. The van der Waals surface area contributed by atoms with Crippen LogP contribution in [0.2, 0.25) is 0 Å². The zero-order valence-corrected chi connectivity index (χ0v) is 12.1. The Morgan fingerprint density at radius 1 is 0.913 bits per heavy atom. The summed E-state index contributed by atoms with van der Waals surface area (Å²) in [6.07, 6.45) is -2.12. The van der Waals surface area contributed by atoms with E-state index in [1.807, 2.05) is 9.80 Å². The molecule has 0 amide bonds. The lowest BCUT2D eigenvalue weighted by Crippen LogP contribution is -2.46. The van der Waals surface area contributed by atoms with Crippen LogP contribution in [0.4, 0.5) is 29.1 Å². The molecule has 0 saturated carbocycles. The normalized spacial score (nSPS) is 15.8. The third-order valence-electron chi connectivity index (χ3n) is 3.75. The Bertz CT molecular complexity index is 664. The van der Waals surface area contributed by atoms with E-state index >= 15 is 0 Å². The van der Waals surface area contributed by atoms with Gasteiger partial charge in [0.25, 0.3) is 0 Å². The van der Waals surface area contributed by atoms with Crippen LogP contribution in [0.3, 0.4) is 0 Å². The molecule has 122 valence electrons. The first-order valence-corrected chi connectivity index (χ1v) is 7.08. The highest BCUT2D eigenvalue weighted by Gasteiger charge is 2.31. The minimum atomic E-state index is -4.38. The van der Waals surface area contributed by atoms with Gasteiger partial charge in [0.05, 0.1) is 5.56 Å². The first kappa shape index (κ1) is 15.5. The van der Waals surface area contributed by atoms with Crippen molar-refractivity contribution in [1.29, 1.82) is 0 Å². The highest BCUT2D eigenvalue weighted by molar-refractivity contribution is 5.48. The lowest BCUT2D eigenvalue weighted by atomic mass is 10.2. The van der Waals surface area contributed by atoms with Gasteiger partial charge in [0, 0.05) is 50.3 Å². The average Bonchev–Trinajstić information content (AvgIpc) is 2.54. The van der Waals surface area contributed by atoms with Crippen molar-refractivity contribution in [2.75, 3.05) is 36.0 Å². The molecule has 8 heteroatoms. The van der Waals surface area contributed by atoms with Gasteiger partial charge in [-0.15, -0.1) is 0 Å². The molecule has 0 bridgehead atoms. The van der Waals surface area contributed by atoms with Gasteiger partial charge in [0.15, 0.2) is 0 Å². The summed E-state index contributed by atoms with van der Waals surface area (Å²) in [6, 6.07) is 5.51. The number of pyridine rings is 2. The molecule has 3 rings (SSSR count). The molecule has 0 unspecified atom stereocenters. The molecule has 0 N–H and O–H groups in total. The van der Waals surface area contributed by atoms with Gasteiger partial charge in [0.1, 0.15) is 5.82 Å². The summed E-state index contributed by atoms with van der Waals surface area (Å²) in [5.74, 6) is -0.0205. The van der Waals surface area contributed by atoms with Crippen LogP contribution in [0.5, 0.6) is 0 Å². The summed E-state index contributed by atoms with van der Waals surface area (Å²) < 4.78 is 50.8. The Balaban J connectivity index is 1.65.